The third kappa shape index (κ3) is 3.88. The molecule has 0 radical (unpaired) electrons. The van der Waals surface area contributed by atoms with Gasteiger partial charge in [0.1, 0.15) is 5.75 Å². The predicted octanol–water partition coefficient (Wildman–Crippen LogP) is 4.50. The third-order valence-electron chi connectivity index (χ3n) is 6.13. The van der Waals surface area contributed by atoms with Crippen LogP contribution in [-0.2, 0) is 14.3 Å². The minimum atomic E-state index is -3.00. The highest BCUT2D eigenvalue weighted by Crippen LogP contribution is 2.64. The molecule has 4 aliphatic carbocycles. The van der Waals surface area contributed by atoms with E-state index in [4.69, 9.17) is 4.74 Å². The Hall–Kier alpha value is -1.70. The lowest BCUT2D eigenvalue weighted by Gasteiger charge is -2.58. The number of hydrogen-bond acceptors (Lipinski definition) is 4. The van der Waals surface area contributed by atoms with Crippen LogP contribution in [-0.4, -0.2) is 29.4 Å². The van der Waals surface area contributed by atoms with Crippen LogP contribution in [0.5, 0.6) is 5.75 Å². The fraction of sp³-hybridized carbons (Fsp3) is 0.600. The summed E-state index contributed by atoms with van der Waals surface area (Å²) in [6.07, 6.45) is 5.76. The summed E-state index contributed by atoms with van der Waals surface area (Å²) in [5.74, 6) is 0.00915. The maximum atomic E-state index is 12.9. The Labute approximate surface area is 170 Å². The van der Waals surface area contributed by atoms with Gasteiger partial charge in [-0.3, -0.25) is 9.59 Å². The summed E-state index contributed by atoms with van der Waals surface area (Å²) in [5, 5.41) is 2.47. The van der Waals surface area contributed by atoms with Gasteiger partial charge in [0, 0.05) is 4.32 Å². The third-order valence-corrected chi connectivity index (χ3v) is 7.06. The summed E-state index contributed by atoms with van der Waals surface area (Å²) in [7, 11) is 0. The summed E-state index contributed by atoms with van der Waals surface area (Å²) in [4.78, 5) is 25.1. The molecule has 0 saturated heterocycles. The zero-order valence-electron chi connectivity index (χ0n) is 15.3. The molecule has 0 aromatic heterocycles. The molecule has 0 heterocycles. The molecule has 1 N–H and O–H groups in total. The molecule has 0 spiro atoms. The number of carbonyl (C=O) groups excluding carboxylic acids is 2. The SMILES string of the molecule is O=C(COC(=O)C12CC3CC(CC(Br)(C3)C1)C2)Nc1ccccc1OC(F)F. The Kier molecular flexibility index (Phi) is 5.10. The van der Waals surface area contributed by atoms with Gasteiger partial charge in [0.2, 0.25) is 0 Å². The van der Waals surface area contributed by atoms with Gasteiger partial charge >= 0.3 is 12.6 Å². The van der Waals surface area contributed by atoms with Crippen LogP contribution < -0.4 is 10.1 Å². The van der Waals surface area contributed by atoms with Crippen LogP contribution in [0.4, 0.5) is 14.5 Å². The Morgan fingerprint density at radius 1 is 1.18 bits per heavy atom. The zero-order chi connectivity index (χ0) is 19.9. The summed E-state index contributed by atoms with van der Waals surface area (Å²) in [6.45, 7) is -3.45. The van der Waals surface area contributed by atoms with Crippen molar-refractivity contribution in [1.29, 1.82) is 0 Å². The zero-order valence-corrected chi connectivity index (χ0v) is 16.8. The van der Waals surface area contributed by atoms with E-state index in [0.717, 1.165) is 32.1 Å². The van der Waals surface area contributed by atoms with Crippen molar-refractivity contribution in [3.8, 4) is 5.75 Å². The minimum Gasteiger partial charge on any atom is -0.455 e. The Morgan fingerprint density at radius 2 is 1.86 bits per heavy atom. The first-order valence-corrected chi connectivity index (χ1v) is 10.3. The molecule has 4 fully saturated rings. The summed E-state index contributed by atoms with van der Waals surface area (Å²) >= 11 is 3.85. The number of esters is 1. The van der Waals surface area contributed by atoms with Crippen molar-refractivity contribution >= 4 is 33.5 Å². The van der Waals surface area contributed by atoms with Crippen LogP contribution >= 0.6 is 15.9 Å². The highest BCUT2D eigenvalue weighted by molar-refractivity contribution is 9.10. The maximum Gasteiger partial charge on any atom is 0.387 e. The quantitative estimate of drug-likeness (QED) is 0.504. The Morgan fingerprint density at radius 3 is 2.50 bits per heavy atom. The number of halogens is 3. The van der Waals surface area contributed by atoms with Crippen molar-refractivity contribution < 1.29 is 27.8 Å². The van der Waals surface area contributed by atoms with E-state index < -0.39 is 24.5 Å². The molecule has 4 aliphatic rings. The Balaban J connectivity index is 1.36. The van der Waals surface area contributed by atoms with E-state index in [-0.39, 0.29) is 21.7 Å². The van der Waals surface area contributed by atoms with Crippen molar-refractivity contribution in [2.24, 2.45) is 17.3 Å². The maximum absolute atomic E-state index is 12.9. The van der Waals surface area contributed by atoms with Crippen LogP contribution in [0.3, 0.4) is 0 Å². The molecule has 4 saturated carbocycles. The molecule has 1 aromatic rings. The first-order valence-electron chi connectivity index (χ1n) is 9.47. The van der Waals surface area contributed by atoms with E-state index in [0.29, 0.717) is 11.8 Å². The van der Waals surface area contributed by atoms with Crippen molar-refractivity contribution in [2.75, 3.05) is 11.9 Å². The number of anilines is 1. The number of rotatable bonds is 6. The topological polar surface area (TPSA) is 64.6 Å². The van der Waals surface area contributed by atoms with E-state index >= 15 is 0 Å². The highest BCUT2D eigenvalue weighted by atomic mass is 79.9. The van der Waals surface area contributed by atoms with Crippen molar-refractivity contribution in [2.45, 2.75) is 49.5 Å². The molecular formula is C20H22BrF2NO4. The van der Waals surface area contributed by atoms with E-state index in [9.17, 15) is 18.4 Å². The van der Waals surface area contributed by atoms with Crippen LogP contribution in [0.25, 0.3) is 0 Å². The van der Waals surface area contributed by atoms with E-state index in [1.165, 1.54) is 24.6 Å². The molecule has 152 valence electrons. The van der Waals surface area contributed by atoms with Gasteiger partial charge in [0.05, 0.1) is 11.1 Å². The molecular weight excluding hydrogens is 436 g/mol. The smallest absolute Gasteiger partial charge is 0.387 e. The van der Waals surface area contributed by atoms with Gasteiger partial charge in [0.25, 0.3) is 5.91 Å². The predicted molar refractivity (Wildman–Crippen MR) is 101 cm³/mol. The minimum absolute atomic E-state index is 0.0178. The number of nitrogens with one attached hydrogen (secondary N) is 1. The lowest BCUT2D eigenvalue weighted by atomic mass is 9.49. The first kappa shape index (κ1) is 19.6. The number of para-hydroxylation sites is 2. The fourth-order valence-corrected chi connectivity index (χ4v) is 7.08. The van der Waals surface area contributed by atoms with Gasteiger partial charge in [-0.1, -0.05) is 28.1 Å². The second kappa shape index (κ2) is 7.28. The number of benzene rings is 1. The van der Waals surface area contributed by atoms with E-state index in [1.807, 2.05) is 0 Å². The second-order valence-electron chi connectivity index (χ2n) is 8.39. The van der Waals surface area contributed by atoms with Crippen molar-refractivity contribution in [1.82, 2.24) is 0 Å². The lowest BCUT2D eigenvalue weighted by molar-refractivity contribution is -0.170. The number of carbonyl (C=O) groups is 2. The summed E-state index contributed by atoms with van der Waals surface area (Å²) in [6, 6.07) is 5.89. The van der Waals surface area contributed by atoms with Crippen molar-refractivity contribution in [3.05, 3.63) is 24.3 Å². The van der Waals surface area contributed by atoms with Crippen LogP contribution in [0.15, 0.2) is 24.3 Å². The van der Waals surface area contributed by atoms with Crippen LogP contribution in [0.1, 0.15) is 38.5 Å². The van der Waals surface area contributed by atoms with Crippen molar-refractivity contribution in [3.63, 3.8) is 0 Å². The fourth-order valence-electron chi connectivity index (χ4n) is 5.63. The van der Waals surface area contributed by atoms with Crippen LogP contribution in [0.2, 0.25) is 0 Å². The molecule has 1 amide bonds. The van der Waals surface area contributed by atoms with Gasteiger partial charge < -0.3 is 14.8 Å². The van der Waals surface area contributed by atoms with Gasteiger partial charge in [-0.2, -0.15) is 8.78 Å². The summed E-state index contributed by atoms with van der Waals surface area (Å²) in [5.41, 5.74) is -0.400. The number of ether oxygens (including phenoxy) is 2. The average molecular weight is 458 g/mol. The van der Waals surface area contributed by atoms with Gasteiger partial charge in [-0.15, -0.1) is 0 Å². The first-order chi connectivity index (χ1) is 13.3. The van der Waals surface area contributed by atoms with E-state index in [2.05, 4.69) is 26.0 Å². The average Bonchev–Trinajstić information content (AvgIpc) is 2.59. The van der Waals surface area contributed by atoms with Crippen LogP contribution in [0, 0.1) is 17.3 Å². The van der Waals surface area contributed by atoms with E-state index in [1.54, 1.807) is 6.07 Å². The number of alkyl halides is 3. The molecule has 0 aliphatic heterocycles. The largest absolute Gasteiger partial charge is 0.455 e. The molecule has 8 heteroatoms. The number of hydrogen-bond donors (Lipinski definition) is 1. The molecule has 5 nitrogen and oxygen atoms in total. The standard InChI is InChI=1S/C20H22BrF2NO4/c21-20-8-12-5-13(9-20)7-19(6-12,11-20)17(26)27-10-16(25)24-14-3-1-2-4-15(14)28-18(22)23/h1-4,12-13,18H,5-11H2,(H,24,25). The van der Waals surface area contributed by atoms with Gasteiger partial charge in [-0.25, -0.2) is 0 Å². The van der Waals surface area contributed by atoms with Gasteiger partial charge in [0.15, 0.2) is 6.61 Å². The highest BCUT2D eigenvalue weighted by Gasteiger charge is 2.60. The molecule has 4 bridgehead atoms. The molecule has 2 atom stereocenters. The molecule has 2 unspecified atom stereocenters. The molecule has 28 heavy (non-hydrogen) atoms. The molecule has 5 rings (SSSR count). The monoisotopic (exact) mass is 457 g/mol. The Bertz CT molecular complexity index is 773. The van der Waals surface area contributed by atoms with Gasteiger partial charge in [-0.05, 0) is 62.5 Å². The summed E-state index contributed by atoms with van der Waals surface area (Å²) < 4.78 is 34.7. The number of amides is 1. The molecule has 1 aromatic carbocycles. The second-order valence-corrected chi connectivity index (χ2v) is 10.1. The normalized spacial score (nSPS) is 33.0. The lowest BCUT2D eigenvalue weighted by Crippen LogP contribution is -2.56.